The lowest BCUT2D eigenvalue weighted by molar-refractivity contribution is -0.116. The number of hydrogen-bond donors (Lipinski definition) is 1. The van der Waals surface area contributed by atoms with Gasteiger partial charge in [-0.25, -0.2) is 4.98 Å². The van der Waals surface area contributed by atoms with Gasteiger partial charge >= 0.3 is 0 Å². The third-order valence-electron chi connectivity index (χ3n) is 3.06. The summed E-state index contributed by atoms with van der Waals surface area (Å²) in [5.74, 6) is -0.105. The molecule has 0 bridgehead atoms. The molecule has 1 aliphatic rings. The second-order valence-electron chi connectivity index (χ2n) is 4.14. The summed E-state index contributed by atoms with van der Waals surface area (Å²) in [6.07, 6.45) is 0.191. The molecular formula is C13H8BrN3O. The zero-order valence-electron chi connectivity index (χ0n) is 9.27. The van der Waals surface area contributed by atoms with Gasteiger partial charge in [-0.2, -0.15) is 5.26 Å². The first-order chi connectivity index (χ1) is 8.70. The highest BCUT2D eigenvalue weighted by Gasteiger charge is 2.28. The number of carbonyl (C=O) groups is 1. The topological polar surface area (TPSA) is 65.8 Å². The second-order valence-corrected chi connectivity index (χ2v) is 4.90. The van der Waals surface area contributed by atoms with Crippen LogP contribution in [-0.2, 0) is 4.79 Å². The standard InChI is InChI=1S/C13H8BrN3O/c14-12-9-4-2-1-3-8(9)11-7(6-15)5-10(18)16-13(11)17-12/h1-4,7H,5H2,(H,16,17,18). The van der Waals surface area contributed by atoms with Crippen molar-refractivity contribution in [2.45, 2.75) is 12.3 Å². The van der Waals surface area contributed by atoms with Crippen LogP contribution < -0.4 is 5.32 Å². The molecule has 0 radical (unpaired) electrons. The first-order valence-electron chi connectivity index (χ1n) is 5.48. The lowest BCUT2D eigenvalue weighted by Crippen LogP contribution is -2.23. The van der Waals surface area contributed by atoms with E-state index in [-0.39, 0.29) is 12.3 Å². The highest BCUT2D eigenvalue weighted by atomic mass is 79.9. The van der Waals surface area contributed by atoms with Crippen LogP contribution in [0.5, 0.6) is 0 Å². The van der Waals surface area contributed by atoms with Gasteiger partial charge in [0.2, 0.25) is 5.91 Å². The fourth-order valence-electron chi connectivity index (χ4n) is 2.27. The van der Waals surface area contributed by atoms with Crippen LogP contribution in [0.4, 0.5) is 5.82 Å². The molecule has 1 aliphatic heterocycles. The minimum absolute atomic E-state index is 0.163. The summed E-state index contributed by atoms with van der Waals surface area (Å²) in [6, 6.07) is 9.91. The predicted molar refractivity (Wildman–Crippen MR) is 71.0 cm³/mol. The van der Waals surface area contributed by atoms with Gasteiger partial charge in [0.25, 0.3) is 0 Å². The predicted octanol–water partition coefficient (Wildman–Crippen LogP) is 2.95. The fraction of sp³-hybridized carbons (Fsp3) is 0.154. The number of halogens is 1. The molecule has 0 spiro atoms. The molecule has 1 amide bonds. The molecule has 1 N–H and O–H groups in total. The van der Waals surface area contributed by atoms with Crippen LogP contribution in [0.25, 0.3) is 10.8 Å². The normalized spacial score (nSPS) is 18.0. The molecule has 1 unspecified atom stereocenters. The molecule has 1 aromatic heterocycles. The van der Waals surface area contributed by atoms with Crippen molar-refractivity contribution >= 4 is 38.4 Å². The Balaban J connectivity index is 2.40. The molecule has 2 heterocycles. The summed E-state index contributed by atoms with van der Waals surface area (Å²) in [4.78, 5) is 15.8. The maximum atomic E-state index is 11.5. The van der Waals surface area contributed by atoms with Gasteiger partial charge in [0.05, 0.1) is 12.0 Å². The van der Waals surface area contributed by atoms with E-state index in [1.807, 2.05) is 24.3 Å². The third-order valence-corrected chi connectivity index (χ3v) is 3.66. The summed E-state index contributed by atoms with van der Waals surface area (Å²) < 4.78 is 0.677. The van der Waals surface area contributed by atoms with Crippen LogP contribution in [0.1, 0.15) is 17.9 Å². The molecule has 5 heteroatoms. The number of carbonyl (C=O) groups excluding carboxylic acids is 1. The van der Waals surface area contributed by atoms with Crippen molar-refractivity contribution in [1.82, 2.24) is 4.98 Å². The van der Waals surface area contributed by atoms with Gasteiger partial charge in [0.15, 0.2) is 0 Å². The Labute approximate surface area is 112 Å². The van der Waals surface area contributed by atoms with Crippen molar-refractivity contribution in [2.75, 3.05) is 5.32 Å². The van der Waals surface area contributed by atoms with Crippen molar-refractivity contribution in [3.8, 4) is 6.07 Å². The van der Waals surface area contributed by atoms with Gasteiger partial charge in [-0.15, -0.1) is 0 Å². The van der Waals surface area contributed by atoms with Crippen LogP contribution in [0.3, 0.4) is 0 Å². The molecule has 1 aromatic carbocycles. The van der Waals surface area contributed by atoms with E-state index >= 15 is 0 Å². The van der Waals surface area contributed by atoms with Crippen LogP contribution in [0, 0.1) is 11.3 Å². The van der Waals surface area contributed by atoms with E-state index in [1.165, 1.54) is 0 Å². The zero-order chi connectivity index (χ0) is 12.7. The average molecular weight is 302 g/mol. The number of nitrogens with one attached hydrogen (secondary N) is 1. The number of fused-ring (bicyclic) bond motifs is 3. The Bertz CT molecular complexity index is 705. The summed E-state index contributed by atoms with van der Waals surface area (Å²) in [6.45, 7) is 0. The number of anilines is 1. The SMILES string of the molecule is N#CC1CC(=O)Nc2nc(Br)c3ccccc3c21. The lowest BCUT2D eigenvalue weighted by atomic mass is 9.90. The Morgan fingerprint density at radius 3 is 2.83 bits per heavy atom. The van der Waals surface area contributed by atoms with Gasteiger partial charge in [-0.05, 0) is 21.3 Å². The average Bonchev–Trinajstić information content (AvgIpc) is 2.37. The molecule has 2 aromatic rings. The number of aromatic nitrogens is 1. The Morgan fingerprint density at radius 1 is 1.39 bits per heavy atom. The quantitative estimate of drug-likeness (QED) is 0.761. The first kappa shape index (κ1) is 11.2. The largest absolute Gasteiger partial charge is 0.310 e. The van der Waals surface area contributed by atoms with Crippen molar-refractivity contribution in [1.29, 1.82) is 5.26 Å². The third kappa shape index (κ3) is 1.57. The number of amides is 1. The van der Waals surface area contributed by atoms with Gasteiger partial charge in [-0.1, -0.05) is 24.3 Å². The number of nitrogens with zero attached hydrogens (tertiary/aromatic N) is 2. The van der Waals surface area contributed by atoms with Crippen molar-refractivity contribution < 1.29 is 4.79 Å². The molecular weight excluding hydrogens is 294 g/mol. The molecule has 0 fully saturated rings. The molecule has 4 nitrogen and oxygen atoms in total. The molecule has 3 rings (SSSR count). The fourth-order valence-corrected chi connectivity index (χ4v) is 2.80. The molecule has 0 saturated heterocycles. The number of hydrogen-bond acceptors (Lipinski definition) is 3. The van der Waals surface area contributed by atoms with E-state index in [0.717, 1.165) is 16.3 Å². The Morgan fingerprint density at radius 2 is 2.11 bits per heavy atom. The van der Waals surface area contributed by atoms with Crippen LogP contribution in [0.2, 0.25) is 0 Å². The maximum absolute atomic E-state index is 11.5. The van der Waals surface area contributed by atoms with Gasteiger partial charge in [0, 0.05) is 17.4 Å². The summed E-state index contributed by atoms with van der Waals surface area (Å²) >= 11 is 3.39. The summed E-state index contributed by atoms with van der Waals surface area (Å²) in [7, 11) is 0. The molecule has 0 saturated carbocycles. The number of rotatable bonds is 0. The molecule has 0 aliphatic carbocycles. The van der Waals surface area contributed by atoms with E-state index in [1.54, 1.807) is 0 Å². The van der Waals surface area contributed by atoms with Crippen LogP contribution in [-0.4, -0.2) is 10.9 Å². The van der Waals surface area contributed by atoms with E-state index < -0.39 is 5.92 Å². The Kier molecular flexibility index (Phi) is 2.53. The maximum Gasteiger partial charge on any atom is 0.227 e. The lowest BCUT2D eigenvalue weighted by Gasteiger charge is -2.22. The minimum Gasteiger partial charge on any atom is -0.310 e. The van der Waals surface area contributed by atoms with Crippen molar-refractivity contribution in [3.05, 3.63) is 34.4 Å². The van der Waals surface area contributed by atoms with Gasteiger partial charge in [0.1, 0.15) is 10.4 Å². The number of pyridine rings is 1. The smallest absolute Gasteiger partial charge is 0.227 e. The van der Waals surface area contributed by atoms with E-state index in [9.17, 15) is 10.1 Å². The monoisotopic (exact) mass is 301 g/mol. The Hall–Kier alpha value is -1.93. The van der Waals surface area contributed by atoms with Gasteiger partial charge in [-0.3, -0.25) is 4.79 Å². The highest BCUT2D eigenvalue weighted by molar-refractivity contribution is 9.10. The minimum atomic E-state index is -0.431. The van der Waals surface area contributed by atoms with Crippen LogP contribution in [0.15, 0.2) is 28.9 Å². The van der Waals surface area contributed by atoms with E-state index in [4.69, 9.17) is 0 Å². The highest BCUT2D eigenvalue weighted by Crippen LogP contribution is 2.38. The zero-order valence-corrected chi connectivity index (χ0v) is 10.9. The molecule has 18 heavy (non-hydrogen) atoms. The van der Waals surface area contributed by atoms with Crippen LogP contribution >= 0.6 is 15.9 Å². The first-order valence-corrected chi connectivity index (χ1v) is 6.27. The van der Waals surface area contributed by atoms with Crippen molar-refractivity contribution in [3.63, 3.8) is 0 Å². The van der Waals surface area contributed by atoms with E-state index in [2.05, 4.69) is 32.3 Å². The van der Waals surface area contributed by atoms with E-state index in [0.29, 0.717) is 10.4 Å². The van der Waals surface area contributed by atoms with Gasteiger partial charge < -0.3 is 5.32 Å². The number of benzene rings is 1. The molecule has 1 atom stereocenters. The summed E-state index contributed by atoms with van der Waals surface area (Å²) in [5, 5.41) is 13.9. The second kappa shape index (κ2) is 4.07. The molecule has 88 valence electrons. The number of nitriles is 1. The summed E-state index contributed by atoms with van der Waals surface area (Å²) in [5.41, 5.74) is 0.816. The van der Waals surface area contributed by atoms with Crippen molar-refractivity contribution in [2.24, 2.45) is 0 Å².